The molecule has 1 heterocycles. The van der Waals surface area contributed by atoms with Crippen molar-refractivity contribution in [2.75, 3.05) is 6.54 Å². The summed E-state index contributed by atoms with van der Waals surface area (Å²) in [5.41, 5.74) is 2.43. The molecule has 1 unspecified atom stereocenters. The molecule has 5 heteroatoms. The molecule has 1 atom stereocenters. The molecule has 2 aromatic rings. The molecule has 0 radical (unpaired) electrons. The van der Waals surface area contributed by atoms with Crippen LogP contribution in [0.2, 0.25) is 10.0 Å². The van der Waals surface area contributed by atoms with Crippen LogP contribution in [-0.4, -0.2) is 12.5 Å². The van der Waals surface area contributed by atoms with Crippen molar-refractivity contribution in [1.29, 1.82) is 0 Å². The van der Waals surface area contributed by atoms with E-state index in [4.69, 9.17) is 23.2 Å². The molecular formula is C18H19Cl2NOS. The summed E-state index contributed by atoms with van der Waals surface area (Å²) in [6.07, 6.45) is 4.18. The zero-order chi connectivity index (χ0) is 16.4. The van der Waals surface area contributed by atoms with Gasteiger partial charge in [-0.3, -0.25) is 4.79 Å². The van der Waals surface area contributed by atoms with Gasteiger partial charge >= 0.3 is 0 Å². The van der Waals surface area contributed by atoms with Gasteiger partial charge in [-0.15, -0.1) is 11.3 Å². The largest absolute Gasteiger partial charge is 0.351 e. The number of rotatable bonds is 4. The number of nitrogens with one attached hydrogen (secondary N) is 1. The van der Waals surface area contributed by atoms with Crippen LogP contribution < -0.4 is 5.32 Å². The minimum absolute atomic E-state index is 0.0251. The Balaban J connectivity index is 1.56. The van der Waals surface area contributed by atoms with Gasteiger partial charge < -0.3 is 5.32 Å². The van der Waals surface area contributed by atoms with Crippen molar-refractivity contribution in [3.05, 3.63) is 55.2 Å². The van der Waals surface area contributed by atoms with Gasteiger partial charge in [-0.25, -0.2) is 0 Å². The van der Waals surface area contributed by atoms with E-state index in [0.29, 0.717) is 16.6 Å². The van der Waals surface area contributed by atoms with Gasteiger partial charge in [0, 0.05) is 11.4 Å². The first-order valence-electron chi connectivity index (χ1n) is 7.86. The van der Waals surface area contributed by atoms with Crippen molar-refractivity contribution in [3.8, 4) is 0 Å². The molecule has 1 aromatic carbocycles. The molecule has 0 bridgehead atoms. The number of aryl methyl sites for hydroxylation is 1. The molecule has 1 aliphatic carbocycles. The topological polar surface area (TPSA) is 29.1 Å². The Bertz CT molecular complexity index is 726. The van der Waals surface area contributed by atoms with Gasteiger partial charge in [0.1, 0.15) is 0 Å². The maximum Gasteiger partial charge on any atom is 0.261 e. The first kappa shape index (κ1) is 16.8. The second-order valence-corrected chi connectivity index (χ2v) is 8.11. The highest BCUT2D eigenvalue weighted by molar-refractivity contribution is 7.14. The van der Waals surface area contributed by atoms with E-state index >= 15 is 0 Å². The number of amides is 1. The van der Waals surface area contributed by atoms with Crippen LogP contribution in [-0.2, 0) is 19.3 Å². The van der Waals surface area contributed by atoms with Crippen LogP contribution in [0.25, 0.3) is 0 Å². The van der Waals surface area contributed by atoms with Crippen LogP contribution in [0.5, 0.6) is 0 Å². The monoisotopic (exact) mass is 367 g/mol. The molecule has 1 aromatic heterocycles. The third-order valence-electron chi connectivity index (χ3n) is 4.24. The second-order valence-electron chi connectivity index (χ2n) is 6.16. The predicted molar refractivity (Wildman–Crippen MR) is 98.0 cm³/mol. The fourth-order valence-electron chi connectivity index (χ4n) is 2.92. The molecule has 0 saturated heterocycles. The SMILES string of the molecule is CC1CCc2sc(C(=O)NCCc3ccc(Cl)c(Cl)c3)cc2C1. The Kier molecular flexibility index (Phi) is 5.30. The fraction of sp³-hybridized carbons (Fsp3) is 0.389. The van der Waals surface area contributed by atoms with Crippen molar-refractivity contribution < 1.29 is 4.79 Å². The first-order valence-corrected chi connectivity index (χ1v) is 9.44. The van der Waals surface area contributed by atoms with Crippen molar-refractivity contribution in [1.82, 2.24) is 5.32 Å². The van der Waals surface area contributed by atoms with Gasteiger partial charge in [0.15, 0.2) is 0 Å². The lowest BCUT2D eigenvalue weighted by Gasteiger charge is -2.16. The number of carbonyl (C=O) groups excluding carboxylic acids is 1. The summed E-state index contributed by atoms with van der Waals surface area (Å²) in [6, 6.07) is 7.65. The molecule has 1 N–H and O–H groups in total. The maximum atomic E-state index is 12.3. The van der Waals surface area contributed by atoms with E-state index in [1.165, 1.54) is 16.9 Å². The zero-order valence-corrected chi connectivity index (χ0v) is 15.3. The van der Waals surface area contributed by atoms with E-state index in [9.17, 15) is 4.79 Å². The molecule has 0 aliphatic heterocycles. The van der Waals surface area contributed by atoms with Gasteiger partial charge in [-0.05, 0) is 60.9 Å². The molecule has 2 nitrogen and oxygen atoms in total. The molecule has 0 fully saturated rings. The van der Waals surface area contributed by atoms with Crippen molar-refractivity contribution in [2.24, 2.45) is 5.92 Å². The third kappa shape index (κ3) is 4.09. The van der Waals surface area contributed by atoms with Gasteiger partial charge in [0.25, 0.3) is 5.91 Å². The minimum atomic E-state index is 0.0251. The Labute approximate surface area is 150 Å². The molecular weight excluding hydrogens is 349 g/mol. The van der Waals surface area contributed by atoms with E-state index in [0.717, 1.165) is 35.6 Å². The minimum Gasteiger partial charge on any atom is -0.351 e. The fourth-order valence-corrected chi connectivity index (χ4v) is 4.37. The Morgan fingerprint density at radius 3 is 2.91 bits per heavy atom. The molecule has 0 saturated carbocycles. The van der Waals surface area contributed by atoms with Crippen molar-refractivity contribution in [3.63, 3.8) is 0 Å². The van der Waals surface area contributed by atoms with E-state index in [1.807, 2.05) is 12.1 Å². The summed E-state index contributed by atoms with van der Waals surface area (Å²) in [4.78, 5) is 14.5. The number of thiophene rings is 1. The summed E-state index contributed by atoms with van der Waals surface area (Å²) >= 11 is 13.6. The average molecular weight is 368 g/mol. The Hall–Kier alpha value is -1.03. The zero-order valence-electron chi connectivity index (χ0n) is 13.0. The van der Waals surface area contributed by atoms with Crippen LogP contribution in [0.3, 0.4) is 0 Å². The normalized spacial score (nSPS) is 16.9. The Morgan fingerprint density at radius 2 is 2.13 bits per heavy atom. The number of halogens is 2. The number of hydrogen-bond donors (Lipinski definition) is 1. The van der Waals surface area contributed by atoms with E-state index in [1.54, 1.807) is 17.4 Å². The van der Waals surface area contributed by atoms with Gasteiger partial charge in [0.2, 0.25) is 0 Å². The average Bonchev–Trinajstić information content (AvgIpc) is 2.94. The van der Waals surface area contributed by atoms with E-state index in [-0.39, 0.29) is 5.91 Å². The molecule has 23 heavy (non-hydrogen) atoms. The van der Waals surface area contributed by atoms with Crippen LogP contribution in [0.1, 0.15) is 39.0 Å². The van der Waals surface area contributed by atoms with Gasteiger partial charge in [0.05, 0.1) is 14.9 Å². The molecule has 122 valence electrons. The smallest absolute Gasteiger partial charge is 0.261 e. The lowest BCUT2D eigenvalue weighted by atomic mass is 9.90. The molecule has 1 amide bonds. The highest BCUT2D eigenvalue weighted by atomic mass is 35.5. The number of carbonyl (C=O) groups is 1. The summed E-state index contributed by atoms with van der Waals surface area (Å²) in [5, 5.41) is 4.10. The van der Waals surface area contributed by atoms with Crippen molar-refractivity contribution in [2.45, 2.75) is 32.6 Å². The highest BCUT2D eigenvalue weighted by Gasteiger charge is 2.20. The molecule has 0 spiro atoms. The van der Waals surface area contributed by atoms with Gasteiger partial charge in [-0.1, -0.05) is 36.2 Å². The van der Waals surface area contributed by atoms with E-state index in [2.05, 4.69) is 18.3 Å². The van der Waals surface area contributed by atoms with Crippen LogP contribution in [0, 0.1) is 5.92 Å². The quantitative estimate of drug-likeness (QED) is 0.794. The summed E-state index contributed by atoms with van der Waals surface area (Å²) in [5.74, 6) is 0.750. The maximum absolute atomic E-state index is 12.3. The molecule has 1 aliphatic rings. The van der Waals surface area contributed by atoms with Crippen molar-refractivity contribution >= 4 is 40.4 Å². The number of benzene rings is 1. The first-order chi connectivity index (χ1) is 11.0. The summed E-state index contributed by atoms with van der Waals surface area (Å²) in [7, 11) is 0. The Morgan fingerprint density at radius 1 is 1.30 bits per heavy atom. The summed E-state index contributed by atoms with van der Waals surface area (Å²) < 4.78 is 0. The predicted octanol–water partition coefficient (Wildman–Crippen LogP) is 5.15. The van der Waals surface area contributed by atoms with E-state index < -0.39 is 0 Å². The van der Waals surface area contributed by atoms with Crippen LogP contribution in [0.15, 0.2) is 24.3 Å². The molecule has 3 rings (SSSR count). The standard InChI is InChI=1S/C18H19Cl2NOS/c1-11-2-5-16-13(8-11)10-17(23-16)18(22)21-7-6-12-3-4-14(19)15(20)9-12/h3-4,9-11H,2,5-8H2,1H3,(H,21,22). The van der Waals surface area contributed by atoms with Crippen LogP contribution in [0.4, 0.5) is 0 Å². The number of hydrogen-bond acceptors (Lipinski definition) is 2. The van der Waals surface area contributed by atoms with Gasteiger partial charge in [-0.2, -0.15) is 0 Å². The number of fused-ring (bicyclic) bond motifs is 1. The lowest BCUT2D eigenvalue weighted by molar-refractivity contribution is 0.0958. The summed E-state index contributed by atoms with van der Waals surface area (Å²) in [6.45, 7) is 2.87. The lowest BCUT2D eigenvalue weighted by Crippen LogP contribution is -2.24. The second kappa shape index (κ2) is 7.25. The van der Waals surface area contributed by atoms with Crippen LogP contribution >= 0.6 is 34.5 Å². The highest BCUT2D eigenvalue weighted by Crippen LogP contribution is 2.32. The third-order valence-corrected chi connectivity index (χ3v) is 6.21.